The highest BCUT2D eigenvalue weighted by atomic mass is 16.3. The summed E-state index contributed by atoms with van der Waals surface area (Å²) in [6.07, 6.45) is 0.777. The second-order valence-electron chi connectivity index (χ2n) is 3.41. The standard InChI is InChI=1S/C9H18N2O2/c1-5-7(10)8(9(3,4)13)11-6(2)12/h5-6,12-13H,10H2,1-4H3/b7-5+,11-8+. The summed E-state index contributed by atoms with van der Waals surface area (Å²) in [5.41, 5.74) is 5.17. The molecule has 0 bridgehead atoms. The van der Waals surface area contributed by atoms with Crippen LogP contribution in [-0.4, -0.2) is 27.8 Å². The highest BCUT2D eigenvalue weighted by Crippen LogP contribution is 2.10. The zero-order valence-corrected chi connectivity index (χ0v) is 8.57. The SMILES string of the molecule is C/C=C(N)\C(=N/C(C)O)C(C)(C)O. The van der Waals surface area contributed by atoms with E-state index in [0.717, 1.165) is 0 Å². The first-order valence-electron chi connectivity index (χ1n) is 4.20. The molecule has 0 rings (SSSR count). The molecular formula is C9H18N2O2. The minimum atomic E-state index is -1.13. The summed E-state index contributed by atoms with van der Waals surface area (Å²) in [4.78, 5) is 3.85. The molecule has 0 amide bonds. The molecule has 0 aliphatic carbocycles. The first-order chi connectivity index (χ1) is 5.79. The fraction of sp³-hybridized carbons (Fsp3) is 0.667. The Morgan fingerprint density at radius 2 is 2.00 bits per heavy atom. The van der Waals surface area contributed by atoms with Gasteiger partial charge >= 0.3 is 0 Å². The van der Waals surface area contributed by atoms with Gasteiger partial charge < -0.3 is 15.9 Å². The van der Waals surface area contributed by atoms with Gasteiger partial charge in [-0.2, -0.15) is 0 Å². The maximum absolute atomic E-state index is 9.67. The van der Waals surface area contributed by atoms with E-state index < -0.39 is 11.8 Å². The molecule has 0 aliphatic rings. The monoisotopic (exact) mass is 186 g/mol. The first-order valence-corrected chi connectivity index (χ1v) is 4.20. The molecule has 1 atom stereocenters. The van der Waals surface area contributed by atoms with Crippen molar-refractivity contribution in [2.24, 2.45) is 10.7 Å². The van der Waals surface area contributed by atoms with Gasteiger partial charge in [0.15, 0.2) is 0 Å². The van der Waals surface area contributed by atoms with Crippen molar-refractivity contribution in [3.05, 3.63) is 11.8 Å². The molecule has 4 nitrogen and oxygen atoms in total. The maximum Gasteiger partial charge on any atom is 0.142 e. The summed E-state index contributed by atoms with van der Waals surface area (Å²) in [5, 5.41) is 18.7. The van der Waals surface area contributed by atoms with E-state index >= 15 is 0 Å². The van der Waals surface area contributed by atoms with Crippen LogP contribution in [0.3, 0.4) is 0 Å². The summed E-state index contributed by atoms with van der Waals surface area (Å²) in [7, 11) is 0. The Labute approximate surface area is 78.8 Å². The van der Waals surface area contributed by atoms with Crippen LogP contribution in [-0.2, 0) is 0 Å². The first kappa shape index (κ1) is 12.1. The fourth-order valence-corrected chi connectivity index (χ4v) is 0.909. The van der Waals surface area contributed by atoms with Crippen molar-refractivity contribution in [2.45, 2.75) is 39.5 Å². The maximum atomic E-state index is 9.67. The minimum absolute atomic E-state index is 0.310. The summed E-state index contributed by atoms with van der Waals surface area (Å²) >= 11 is 0. The van der Waals surface area contributed by atoms with Gasteiger partial charge in [0, 0.05) is 0 Å². The van der Waals surface area contributed by atoms with Crippen LogP contribution in [0.2, 0.25) is 0 Å². The number of aliphatic imine (C=N–C) groups is 1. The van der Waals surface area contributed by atoms with Crippen LogP contribution in [0.25, 0.3) is 0 Å². The van der Waals surface area contributed by atoms with Crippen LogP contribution in [0.4, 0.5) is 0 Å². The lowest BCUT2D eigenvalue weighted by molar-refractivity contribution is 0.148. The normalized spacial score (nSPS) is 17.4. The van der Waals surface area contributed by atoms with E-state index in [-0.39, 0.29) is 0 Å². The second-order valence-corrected chi connectivity index (χ2v) is 3.41. The van der Waals surface area contributed by atoms with Crippen molar-refractivity contribution in [3.8, 4) is 0 Å². The third-order valence-corrected chi connectivity index (χ3v) is 1.48. The number of hydrogen-bond acceptors (Lipinski definition) is 4. The van der Waals surface area contributed by atoms with Gasteiger partial charge in [0.1, 0.15) is 11.8 Å². The molecule has 0 spiro atoms. The molecule has 13 heavy (non-hydrogen) atoms. The Balaban J connectivity index is 5.00. The van der Waals surface area contributed by atoms with Crippen molar-refractivity contribution in [1.82, 2.24) is 0 Å². The van der Waals surface area contributed by atoms with Gasteiger partial charge in [-0.05, 0) is 27.7 Å². The molecule has 0 radical (unpaired) electrons. The Bertz CT molecular complexity index is 224. The molecule has 76 valence electrons. The quantitative estimate of drug-likeness (QED) is 0.558. The molecular weight excluding hydrogens is 168 g/mol. The molecule has 0 saturated carbocycles. The number of aliphatic hydroxyl groups is 2. The number of aliphatic hydroxyl groups excluding tert-OH is 1. The molecule has 0 aliphatic heterocycles. The number of nitrogens with two attached hydrogens (primary N) is 1. The zero-order chi connectivity index (χ0) is 10.6. The molecule has 4 N–H and O–H groups in total. The molecule has 0 heterocycles. The Hall–Kier alpha value is -0.870. The van der Waals surface area contributed by atoms with Crippen molar-refractivity contribution >= 4 is 5.71 Å². The van der Waals surface area contributed by atoms with E-state index in [2.05, 4.69) is 4.99 Å². The molecule has 0 aromatic carbocycles. The van der Waals surface area contributed by atoms with Crippen molar-refractivity contribution in [3.63, 3.8) is 0 Å². The highest BCUT2D eigenvalue weighted by molar-refractivity contribution is 6.04. The van der Waals surface area contributed by atoms with Crippen LogP contribution in [0.5, 0.6) is 0 Å². The summed E-state index contributed by atoms with van der Waals surface area (Å²) in [5.74, 6) is 0. The fourth-order valence-electron chi connectivity index (χ4n) is 0.909. The van der Waals surface area contributed by atoms with Gasteiger partial charge in [0.2, 0.25) is 0 Å². The smallest absolute Gasteiger partial charge is 0.142 e. The van der Waals surface area contributed by atoms with E-state index in [0.29, 0.717) is 11.4 Å². The second kappa shape index (κ2) is 4.39. The Kier molecular flexibility index (Phi) is 4.10. The van der Waals surface area contributed by atoms with Gasteiger partial charge in [-0.25, -0.2) is 0 Å². The van der Waals surface area contributed by atoms with E-state index in [4.69, 9.17) is 10.8 Å². The molecule has 4 heteroatoms. The number of hydrogen-bond donors (Lipinski definition) is 3. The Morgan fingerprint density at radius 3 is 2.23 bits per heavy atom. The molecule has 1 unspecified atom stereocenters. The van der Waals surface area contributed by atoms with Gasteiger partial charge in [-0.3, -0.25) is 4.99 Å². The van der Waals surface area contributed by atoms with Gasteiger partial charge in [-0.15, -0.1) is 0 Å². The van der Waals surface area contributed by atoms with E-state index in [9.17, 15) is 5.11 Å². The lowest BCUT2D eigenvalue weighted by Crippen LogP contribution is -2.36. The van der Waals surface area contributed by atoms with Crippen molar-refractivity contribution < 1.29 is 10.2 Å². The average Bonchev–Trinajstić information content (AvgIpc) is 1.96. The molecule has 0 aromatic rings. The number of nitrogens with zero attached hydrogens (tertiary/aromatic N) is 1. The third kappa shape index (κ3) is 4.05. The van der Waals surface area contributed by atoms with Crippen LogP contribution in [0.15, 0.2) is 16.8 Å². The third-order valence-electron chi connectivity index (χ3n) is 1.48. The van der Waals surface area contributed by atoms with Crippen LogP contribution in [0.1, 0.15) is 27.7 Å². The number of rotatable bonds is 3. The summed E-state index contributed by atoms with van der Waals surface area (Å²) < 4.78 is 0. The lowest BCUT2D eigenvalue weighted by atomic mass is 10.00. The largest absolute Gasteiger partial charge is 0.397 e. The number of allylic oxidation sites excluding steroid dienone is 1. The molecule has 0 fully saturated rings. The van der Waals surface area contributed by atoms with Gasteiger partial charge in [0.25, 0.3) is 0 Å². The van der Waals surface area contributed by atoms with Crippen LogP contribution in [0, 0.1) is 0 Å². The van der Waals surface area contributed by atoms with Gasteiger partial charge in [0.05, 0.1) is 11.4 Å². The van der Waals surface area contributed by atoms with E-state index in [1.807, 2.05) is 0 Å². The topological polar surface area (TPSA) is 78.8 Å². The van der Waals surface area contributed by atoms with Crippen molar-refractivity contribution in [1.29, 1.82) is 0 Å². The van der Waals surface area contributed by atoms with E-state index in [1.54, 1.807) is 26.8 Å². The molecule has 0 aromatic heterocycles. The predicted molar refractivity (Wildman–Crippen MR) is 53.4 cm³/mol. The van der Waals surface area contributed by atoms with Crippen molar-refractivity contribution in [2.75, 3.05) is 0 Å². The van der Waals surface area contributed by atoms with Crippen LogP contribution < -0.4 is 5.73 Å². The summed E-state index contributed by atoms with van der Waals surface area (Å²) in [6.45, 7) is 6.41. The highest BCUT2D eigenvalue weighted by Gasteiger charge is 2.23. The Morgan fingerprint density at radius 1 is 1.54 bits per heavy atom. The zero-order valence-electron chi connectivity index (χ0n) is 8.57. The minimum Gasteiger partial charge on any atom is -0.397 e. The average molecular weight is 186 g/mol. The van der Waals surface area contributed by atoms with E-state index in [1.165, 1.54) is 6.92 Å². The lowest BCUT2D eigenvalue weighted by Gasteiger charge is -2.21. The van der Waals surface area contributed by atoms with Crippen LogP contribution >= 0.6 is 0 Å². The summed E-state index contributed by atoms with van der Waals surface area (Å²) in [6, 6.07) is 0. The molecule has 0 saturated heterocycles. The predicted octanol–water partition coefficient (Wildman–Crippen LogP) is 0.399. The van der Waals surface area contributed by atoms with Gasteiger partial charge in [-0.1, -0.05) is 6.08 Å².